The number of carbonyl (C=O) groups excluding carboxylic acids is 1. The molecule has 0 N–H and O–H groups in total. The minimum atomic E-state index is -0.282. The topological polar surface area (TPSA) is 46.8 Å². The molecule has 28 heavy (non-hydrogen) atoms. The highest BCUT2D eigenvalue weighted by Crippen LogP contribution is 2.23. The third-order valence-corrected chi connectivity index (χ3v) is 5.62. The second kappa shape index (κ2) is 8.77. The van der Waals surface area contributed by atoms with E-state index >= 15 is 0 Å². The normalized spacial score (nSPS) is 11.4. The van der Waals surface area contributed by atoms with Crippen LogP contribution in [0.3, 0.4) is 0 Å². The zero-order chi connectivity index (χ0) is 20.1. The largest absolute Gasteiger partial charge is 0.497 e. The number of hydrogen-bond acceptors (Lipinski definition) is 4. The van der Waals surface area contributed by atoms with Crippen molar-refractivity contribution in [3.63, 3.8) is 0 Å². The summed E-state index contributed by atoms with van der Waals surface area (Å²) in [6.45, 7) is 6.41. The summed E-state index contributed by atoms with van der Waals surface area (Å²) in [5, 5.41) is 0. The summed E-state index contributed by atoms with van der Waals surface area (Å²) in [5.41, 5.74) is 2.59. The second-order valence-corrected chi connectivity index (χ2v) is 7.15. The predicted molar refractivity (Wildman–Crippen MR) is 115 cm³/mol. The molecule has 0 saturated carbocycles. The zero-order valence-corrected chi connectivity index (χ0v) is 17.1. The summed E-state index contributed by atoms with van der Waals surface area (Å²) < 4.78 is 8.13. The van der Waals surface area contributed by atoms with Crippen LogP contribution >= 0.6 is 11.3 Å². The van der Waals surface area contributed by atoms with Gasteiger partial charge in [-0.25, -0.2) is 0 Å². The van der Waals surface area contributed by atoms with Gasteiger partial charge in [0.1, 0.15) is 5.75 Å². The summed E-state index contributed by atoms with van der Waals surface area (Å²) in [7, 11) is 1.63. The minimum absolute atomic E-state index is 0.282. The molecule has 0 radical (unpaired) electrons. The van der Waals surface area contributed by atoms with Crippen molar-refractivity contribution in [1.82, 2.24) is 4.57 Å². The van der Waals surface area contributed by atoms with Gasteiger partial charge in [0.15, 0.2) is 4.80 Å². The smallest absolute Gasteiger partial charge is 0.279 e. The van der Waals surface area contributed by atoms with Gasteiger partial charge in [0.25, 0.3) is 5.91 Å². The van der Waals surface area contributed by atoms with E-state index in [1.54, 1.807) is 7.11 Å². The third kappa shape index (κ3) is 3.95. The van der Waals surface area contributed by atoms with E-state index in [4.69, 9.17) is 11.2 Å². The van der Waals surface area contributed by atoms with Gasteiger partial charge in [-0.05, 0) is 56.3 Å². The Bertz CT molecular complexity index is 1080. The Morgan fingerprint density at radius 2 is 1.93 bits per heavy atom. The molecule has 0 bridgehead atoms. The molecule has 1 aromatic heterocycles. The summed E-state index contributed by atoms with van der Waals surface area (Å²) in [6.07, 6.45) is 5.53. The number of rotatable bonds is 6. The molecule has 3 aromatic rings. The number of hydrogen-bond donors (Lipinski definition) is 0. The molecule has 5 nitrogen and oxygen atoms in total. The van der Waals surface area contributed by atoms with Gasteiger partial charge in [-0.3, -0.25) is 4.79 Å². The highest BCUT2D eigenvalue weighted by atomic mass is 32.1. The lowest BCUT2D eigenvalue weighted by atomic mass is 10.2. The molecule has 0 aliphatic heterocycles. The number of nitrogens with zero attached hydrogens (tertiary/aromatic N) is 3. The first-order valence-corrected chi connectivity index (χ1v) is 9.97. The lowest BCUT2D eigenvalue weighted by molar-refractivity contribution is 0.0998. The van der Waals surface area contributed by atoms with E-state index in [0.717, 1.165) is 34.7 Å². The van der Waals surface area contributed by atoms with E-state index < -0.39 is 0 Å². The molecule has 2 aromatic carbocycles. The number of aromatic nitrogens is 1. The molecular formula is C22H23N3O2S. The average molecular weight is 394 g/mol. The van der Waals surface area contributed by atoms with Gasteiger partial charge in [0.05, 0.1) is 23.9 Å². The van der Waals surface area contributed by atoms with E-state index in [2.05, 4.69) is 29.7 Å². The fourth-order valence-electron chi connectivity index (χ4n) is 3.06. The fraction of sp³-hybridized carbons (Fsp3) is 0.273. The highest BCUT2D eigenvalue weighted by Gasteiger charge is 2.10. The van der Waals surface area contributed by atoms with Crippen LogP contribution < -0.4 is 14.4 Å². The van der Waals surface area contributed by atoms with Crippen LogP contribution in [-0.4, -0.2) is 30.7 Å². The van der Waals surface area contributed by atoms with Crippen LogP contribution in [0.5, 0.6) is 5.75 Å². The number of terminal acetylenes is 1. The molecule has 0 aliphatic carbocycles. The summed E-state index contributed by atoms with van der Waals surface area (Å²) in [5.74, 6) is 3.11. The van der Waals surface area contributed by atoms with Crippen molar-refractivity contribution in [3.05, 3.63) is 52.8 Å². The first-order valence-electron chi connectivity index (χ1n) is 9.16. The number of fused-ring (bicyclic) bond motifs is 1. The number of carbonyl (C=O) groups is 1. The molecule has 0 aliphatic rings. The second-order valence-electron chi connectivity index (χ2n) is 6.14. The Morgan fingerprint density at radius 3 is 2.54 bits per heavy atom. The lowest BCUT2D eigenvalue weighted by Crippen LogP contribution is -2.21. The molecule has 6 heteroatoms. The molecule has 0 fully saturated rings. The molecular weight excluding hydrogens is 370 g/mol. The standard InChI is InChI=1S/C22H23N3O2S/c1-5-14-25-19-13-12-18(27-4)15-20(19)28-22(25)23-21(26)16-8-10-17(11-9-16)24(6-2)7-3/h1,8-13,15H,6-7,14H2,2-4H3. The molecule has 0 atom stereocenters. The Kier molecular flexibility index (Phi) is 6.17. The van der Waals surface area contributed by atoms with Gasteiger partial charge in [-0.15, -0.1) is 6.42 Å². The molecule has 0 saturated heterocycles. The maximum absolute atomic E-state index is 12.7. The average Bonchev–Trinajstić information content (AvgIpc) is 3.05. The predicted octanol–water partition coefficient (Wildman–Crippen LogP) is 3.93. The molecule has 1 heterocycles. The van der Waals surface area contributed by atoms with Crippen LogP contribution in [0, 0.1) is 12.3 Å². The van der Waals surface area contributed by atoms with Crippen LogP contribution in [0.25, 0.3) is 10.2 Å². The zero-order valence-electron chi connectivity index (χ0n) is 16.3. The summed E-state index contributed by atoms with van der Waals surface area (Å²) >= 11 is 1.42. The van der Waals surface area contributed by atoms with E-state index in [-0.39, 0.29) is 5.91 Å². The SMILES string of the molecule is C#CCn1c(=NC(=O)c2ccc(N(CC)CC)cc2)sc2cc(OC)ccc21. The molecule has 144 valence electrons. The van der Waals surface area contributed by atoms with E-state index in [0.29, 0.717) is 16.9 Å². The van der Waals surface area contributed by atoms with Crippen molar-refractivity contribution in [2.75, 3.05) is 25.1 Å². The number of methoxy groups -OCH3 is 1. The lowest BCUT2D eigenvalue weighted by Gasteiger charge is -2.20. The molecule has 1 amide bonds. The van der Waals surface area contributed by atoms with Crippen molar-refractivity contribution in [3.8, 4) is 18.1 Å². The van der Waals surface area contributed by atoms with Crippen LogP contribution in [0.15, 0.2) is 47.5 Å². The molecule has 0 spiro atoms. The van der Waals surface area contributed by atoms with Crippen molar-refractivity contribution in [1.29, 1.82) is 0 Å². The van der Waals surface area contributed by atoms with Crippen LogP contribution in [0.1, 0.15) is 24.2 Å². The van der Waals surface area contributed by atoms with Gasteiger partial charge in [0.2, 0.25) is 0 Å². The van der Waals surface area contributed by atoms with Gasteiger partial charge in [-0.2, -0.15) is 4.99 Å². The Hall–Kier alpha value is -3.04. The Labute approximate surface area is 168 Å². The Balaban J connectivity index is 2.00. The first kappa shape index (κ1) is 19.7. The maximum atomic E-state index is 12.7. The number of anilines is 1. The molecule has 3 rings (SSSR count). The number of ether oxygens (including phenoxy) is 1. The van der Waals surface area contributed by atoms with Gasteiger partial charge in [-0.1, -0.05) is 17.3 Å². The third-order valence-electron chi connectivity index (χ3n) is 4.58. The van der Waals surface area contributed by atoms with Crippen molar-refractivity contribution in [2.45, 2.75) is 20.4 Å². The van der Waals surface area contributed by atoms with Gasteiger partial charge < -0.3 is 14.2 Å². The van der Waals surface area contributed by atoms with E-state index in [1.807, 2.05) is 47.0 Å². The minimum Gasteiger partial charge on any atom is -0.497 e. The van der Waals surface area contributed by atoms with Crippen molar-refractivity contribution in [2.24, 2.45) is 4.99 Å². The monoisotopic (exact) mass is 393 g/mol. The van der Waals surface area contributed by atoms with Gasteiger partial charge >= 0.3 is 0 Å². The summed E-state index contributed by atoms with van der Waals surface area (Å²) in [6, 6.07) is 13.3. The number of thiazole rings is 1. The number of amides is 1. The van der Waals surface area contributed by atoms with Crippen LogP contribution in [0.4, 0.5) is 5.69 Å². The van der Waals surface area contributed by atoms with Crippen molar-refractivity contribution >= 4 is 33.1 Å². The quantitative estimate of drug-likeness (QED) is 0.596. The Morgan fingerprint density at radius 1 is 1.21 bits per heavy atom. The molecule has 0 unspecified atom stereocenters. The maximum Gasteiger partial charge on any atom is 0.279 e. The van der Waals surface area contributed by atoms with Crippen molar-refractivity contribution < 1.29 is 9.53 Å². The first-order chi connectivity index (χ1) is 13.6. The summed E-state index contributed by atoms with van der Waals surface area (Å²) in [4.78, 5) is 19.9. The fourth-order valence-corrected chi connectivity index (χ4v) is 4.12. The highest BCUT2D eigenvalue weighted by molar-refractivity contribution is 7.16. The van der Waals surface area contributed by atoms with E-state index in [1.165, 1.54) is 11.3 Å². The number of benzene rings is 2. The van der Waals surface area contributed by atoms with Crippen LogP contribution in [0.2, 0.25) is 0 Å². The van der Waals surface area contributed by atoms with Crippen LogP contribution in [-0.2, 0) is 6.54 Å². The van der Waals surface area contributed by atoms with Gasteiger partial charge in [0, 0.05) is 24.3 Å². The van der Waals surface area contributed by atoms with E-state index in [9.17, 15) is 4.79 Å².